The summed E-state index contributed by atoms with van der Waals surface area (Å²) in [7, 11) is -4.07. The van der Waals surface area contributed by atoms with Crippen molar-refractivity contribution in [2.45, 2.75) is 159 Å². The van der Waals surface area contributed by atoms with Gasteiger partial charge in [0, 0.05) is 25.4 Å². The topological polar surface area (TPSA) is 254 Å². The van der Waals surface area contributed by atoms with Crippen LogP contribution in [0.5, 0.6) is 0 Å². The molecule has 6 aliphatic rings. The van der Waals surface area contributed by atoms with Gasteiger partial charge in [-0.2, -0.15) is 0 Å². The van der Waals surface area contributed by atoms with Crippen LogP contribution in [-0.2, 0) is 38.3 Å². The van der Waals surface area contributed by atoms with Crippen LogP contribution in [0.15, 0.2) is 12.2 Å². The molecule has 20 atom stereocenters. The van der Waals surface area contributed by atoms with Crippen LogP contribution in [0.1, 0.15) is 85.5 Å². The maximum absolute atomic E-state index is 12.6. The first-order valence-corrected chi connectivity index (χ1v) is 21.6. The molecule has 15 unspecified atom stereocenters. The first-order chi connectivity index (χ1) is 26.1. The van der Waals surface area contributed by atoms with Crippen molar-refractivity contribution in [3.8, 4) is 0 Å². The molecule has 2 heterocycles. The standard InChI is InChI=1S/C39H66O16S.Na/c1-19(21(3)16-51-35-33(31(28(44)18-52-35)55-56(47,48)49)54-36-32(50-6)30(45)27(43)17-53-36)7-8-20(2)23-14-25(41)34-38(23,5)12-10-29-37(4)11-9-22(40)13-24(37)26(42)15-39(29,34)46;/h20-36,40-46H,1,7-18H2,2-6H3,(H,47,48,49);/q;+1/p-1/t20?,21?,22?,23?,24?,25?,26?,27-,28-,29?,30?,31?,32?,33?,34?,35?,36+,37+,38-,39?;/m1./s1. The van der Waals surface area contributed by atoms with Gasteiger partial charge in [0.05, 0.1) is 43.7 Å². The maximum atomic E-state index is 12.6. The summed E-state index contributed by atoms with van der Waals surface area (Å²) in [6.07, 6.45) is -7.73. The van der Waals surface area contributed by atoms with Gasteiger partial charge in [-0.15, -0.1) is 0 Å². The van der Waals surface area contributed by atoms with E-state index in [-0.39, 0.29) is 95.5 Å². The van der Waals surface area contributed by atoms with Gasteiger partial charge in [0.1, 0.15) is 36.6 Å². The first-order valence-electron chi connectivity index (χ1n) is 20.3. The van der Waals surface area contributed by atoms with E-state index in [4.69, 9.17) is 23.7 Å². The van der Waals surface area contributed by atoms with E-state index in [1.165, 1.54) is 7.11 Å². The number of ether oxygens (including phenoxy) is 5. The zero-order valence-electron chi connectivity index (χ0n) is 34.2. The zero-order chi connectivity index (χ0) is 41.1. The van der Waals surface area contributed by atoms with Gasteiger partial charge in [0.15, 0.2) is 12.6 Å². The first kappa shape index (κ1) is 48.2. The van der Waals surface area contributed by atoms with E-state index in [9.17, 15) is 48.7 Å². The van der Waals surface area contributed by atoms with Crippen molar-refractivity contribution >= 4 is 10.4 Å². The summed E-state index contributed by atoms with van der Waals surface area (Å²) in [4.78, 5) is 0. The Balaban J connectivity index is 0.00000620. The largest absolute Gasteiger partial charge is 1.00 e. The number of rotatable bonds is 13. The maximum Gasteiger partial charge on any atom is 1.00 e. The Labute approximate surface area is 358 Å². The molecule has 6 rings (SSSR count). The predicted molar refractivity (Wildman–Crippen MR) is 196 cm³/mol. The van der Waals surface area contributed by atoms with Crippen LogP contribution < -0.4 is 29.6 Å². The van der Waals surface area contributed by atoms with E-state index >= 15 is 0 Å². The number of methoxy groups -OCH3 is 1. The quantitative estimate of drug-likeness (QED) is 0.0447. The Hall–Kier alpha value is 0.130. The van der Waals surface area contributed by atoms with Crippen molar-refractivity contribution in [1.82, 2.24) is 0 Å². The van der Waals surface area contributed by atoms with Crippen LogP contribution in [0.2, 0.25) is 0 Å². The molecule has 0 aromatic rings. The Morgan fingerprint density at radius 2 is 1.54 bits per heavy atom. The smallest absolute Gasteiger partial charge is 0.726 e. The molecular weight excluding hydrogens is 779 g/mol. The minimum atomic E-state index is -5.32. The Bertz CT molecular complexity index is 1490. The molecule has 0 aromatic carbocycles. The van der Waals surface area contributed by atoms with E-state index in [0.29, 0.717) is 25.7 Å². The summed E-state index contributed by atoms with van der Waals surface area (Å²) in [5.74, 6) is -0.483. The van der Waals surface area contributed by atoms with Crippen LogP contribution in [0.4, 0.5) is 0 Å². The van der Waals surface area contributed by atoms with Crippen LogP contribution >= 0.6 is 0 Å². The van der Waals surface area contributed by atoms with E-state index < -0.39 is 90.1 Å². The summed E-state index contributed by atoms with van der Waals surface area (Å²) in [5, 5.41) is 77.2. The fraction of sp³-hybridized carbons (Fsp3) is 0.949. The third-order valence-corrected chi connectivity index (χ3v) is 15.6. The van der Waals surface area contributed by atoms with Gasteiger partial charge in [0.2, 0.25) is 10.4 Å². The van der Waals surface area contributed by atoms with Crippen molar-refractivity contribution in [3.63, 3.8) is 0 Å². The van der Waals surface area contributed by atoms with Gasteiger partial charge in [-0.25, -0.2) is 8.42 Å². The molecule has 4 aliphatic carbocycles. The zero-order valence-corrected chi connectivity index (χ0v) is 37.0. The molecule has 0 spiro atoms. The molecule has 0 bridgehead atoms. The molecule has 0 aromatic heterocycles. The van der Waals surface area contributed by atoms with Crippen LogP contribution in [0.3, 0.4) is 0 Å². The molecule has 4 saturated carbocycles. The van der Waals surface area contributed by atoms with E-state index in [2.05, 4.69) is 31.5 Å². The van der Waals surface area contributed by atoms with Gasteiger partial charge in [0.25, 0.3) is 0 Å². The average Bonchev–Trinajstić information content (AvgIpc) is 3.40. The van der Waals surface area contributed by atoms with Gasteiger partial charge in [-0.3, -0.25) is 4.18 Å². The summed E-state index contributed by atoms with van der Waals surface area (Å²) in [5.41, 5.74) is -1.00. The van der Waals surface area contributed by atoms with Crippen molar-refractivity contribution in [3.05, 3.63) is 12.2 Å². The molecule has 16 nitrogen and oxygen atoms in total. The Morgan fingerprint density at radius 1 is 0.895 bits per heavy atom. The van der Waals surface area contributed by atoms with Crippen LogP contribution in [-0.4, -0.2) is 149 Å². The second-order valence-electron chi connectivity index (χ2n) is 18.5. The third-order valence-electron chi connectivity index (χ3n) is 15.2. The molecule has 2 saturated heterocycles. The van der Waals surface area contributed by atoms with Crippen molar-refractivity contribution in [2.24, 2.45) is 46.3 Å². The van der Waals surface area contributed by atoms with E-state index in [0.717, 1.165) is 31.3 Å². The summed E-state index contributed by atoms with van der Waals surface area (Å²) < 4.78 is 68.1. The van der Waals surface area contributed by atoms with Crippen molar-refractivity contribution in [1.29, 1.82) is 0 Å². The summed E-state index contributed by atoms with van der Waals surface area (Å²) in [6.45, 7) is 12.0. The third kappa shape index (κ3) is 9.42. The molecule has 57 heavy (non-hydrogen) atoms. The number of hydrogen-bond acceptors (Lipinski definition) is 16. The minimum absolute atomic E-state index is 0. The fourth-order valence-corrected chi connectivity index (χ4v) is 12.7. The number of aliphatic hydroxyl groups excluding tert-OH is 6. The van der Waals surface area contributed by atoms with Gasteiger partial charge >= 0.3 is 29.6 Å². The molecule has 0 amide bonds. The SMILES string of the molecule is C=C(CCC(C)C1CC(O)C2C3(O)CC(O)C4CC(O)CC[C@]4(C)C3CC[C@]12C)C(C)COC1OC[C@@H](O)C(OS(=O)(=O)[O-])C1O[C@@H]1OC[C@@H](O)C(O)C1OC.[Na+]. The molecular formula is C39H65NaO16S. The monoisotopic (exact) mass is 844 g/mol. The van der Waals surface area contributed by atoms with Crippen molar-refractivity contribution < 1.29 is 106 Å². The van der Waals surface area contributed by atoms with E-state index in [1.54, 1.807) is 0 Å². The number of fused-ring (bicyclic) bond motifs is 5. The van der Waals surface area contributed by atoms with Gasteiger partial charge in [-0.05, 0) is 85.9 Å². The minimum Gasteiger partial charge on any atom is -0.726 e. The average molecular weight is 845 g/mol. The second-order valence-corrected chi connectivity index (χ2v) is 19.5. The van der Waals surface area contributed by atoms with E-state index in [1.807, 2.05) is 6.92 Å². The predicted octanol–water partition coefficient (Wildman–Crippen LogP) is -2.27. The molecule has 7 N–H and O–H groups in total. The summed E-state index contributed by atoms with van der Waals surface area (Å²) in [6, 6.07) is 0. The fourth-order valence-electron chi connectivity index (χ4n) is 12.2. The van der Waals surface area contributed by atoms with Gasteiger partial charge < -0.3 is 64.0 Å². The Morgan fingerprint density at radius 3 is 2.21 bits per heavy atom. The number of aliphatic hydroxyl groups is 7. The van der Waals surface area contributed by atoms with Crippen LogP contribution in [0, 0.1) is 46.3 Å². The molecule has 0 radical (unpaired) electrons. The molecule has 324 valence electrons. The van der Waals surface area contributed by atoms with Crippen molar-refractivity contribution in [2.75, 3.05) is 26.9 Å². The normalized spacial score (nSPS) is 48.5. The molecule has 18 heteroatoms. The molecule has 6 fully saturated rings. The second kappa shape index (κ2) is 18.5. The van der Waals surface area contributed by atoms with Crippen LogP contribution in [0.25, 0.3) is 0 Å². The molecule has 2 aliphatic heterocycles. The number of hydrogen-bond donors (Lipinski definition) is 7. The summed E-state index contributed by atoms with van der Waals surface area (Å²) >= 11 is 0. The van der Waals surface area contributed by atoms with Gasteiger partial charge in [-0.1, -0.05) is 39.8 Å². The Kier molecular flexibility index (Phi) is 15.6.